The summed E-state index contributed by atoms with van der Waals surface area (Å²) >= 11 is 0. The highest BCUT2D eigenvalue weighted by Gasteiger charge is 2.47. The average Bonchev–Trinajstić information content (AvgIpc) is 3.94. The van der Waals surface area contributed by atoms with Crippen LogP contribution in [0, 0.1) is 0 Å². The molecule has 1 aliphatic carbocycles. The topological polar surface area (TPSA) is 29.5 Å². The van der Waals surface area contributed by atoms with Crippen molar-refractivity contribution in [2.75, 3.05) is 4.90 Å². The summed E-state index contributed by atoms with van der Waals surface area (Å²) in [7, 11) is 0. The van der Waals surface area contributed by atoms with Gasteiger partial charge in [-0.05, 0) is 75.7 Å². The first-order valence-electron chi connectivity index (χ1n) is 19.2. The van der Waals surface area contributed by atoms with E-state index in [1.165, 1.54) is 33.4 Å². The van der Waals surface area contributed by atoms with E-state index in [1.807, 2.05) is 12.1 Å². The summed E-state index contributed by atoms with van der Waals surface area (Å²) in [4.78, 5) is 2.41. The Morgan fingerprint density at radius 2 is 1.00 bits per heavy atom. The maximum absolute atomic E-state index is 7.07. The number of rotatable bonds is 5. The molecule has 2 heterocycles. The minimum atomic E-state index is -0.537. The molecule has 0 saturated heterocycles. The van der Waals surface area contributed by atoms with Gasteiger partial charge in [0.25, 0.3) is 0 Å². The molecule has 0 saturated carbocycles. The van der Waals surface area contributed by atoms with Crippen molar-refractivity contribution in [1.82, 2.24) is 0 Å². The van der Waals surface area contributed by atoms with Gasteiger partial charge in [-0.15, -0.1) is 0 Å². The van der Waals surface area contributed by atoms with Gasteiger partial charge >= 0.3 is 0 Å². The van der Waals surface area contributed by atoms with Gasteiger partial charge in [0.05, 0.1) is 16.8 Å². The molecule has 3 nitrogen and oxygen atoms in total. The molecule has 0 amide bonds. The number of para-hydroxylation sites is 2. The molecular formula is C53H33NO2. The highest BCUT2D eigenvalue weighted by molar-refractivity contribution is 6.18. The van der Waals surface area contributed by atoms with E-state index in [0.29, 0.717) is 0 Å². The fourth-order valence-electron chi connectivity index (χ4n) is 9.61. The van der Waals surface area contributed by atoms with Crippen molar-refractivity contribution in [3.05, 3.63) is 222 Å². The van der Waals surface area contributed by atoms with Crippen LogP contribution in [0.3, 0.4) is 0 Å². The second kappa shape index (κ2) is 11.8. The smallest absolute Gasteiger partial charge is 0.159 e. The van der Waals surface area contributed by atoms with E-state index in [2.05, 4.69) is 193 Å². The molecule has 12 rings (SSSR count). The Morgan fingerprint density at radius 3 is 1.84 bits per heavy atom. The minimum absolute atomic E-state index is 0.537. The first-order valence-corrected chi connectivity index (χ1v) is 19.2. The lowest BCUT2D eigenvalue weighted by molar-refractivity contribution is 0.669. The lowest BCUT2D eigenvalue weighted by Gasteiger charge is -2.34. The molecule has 1 aliphatic rings. The van der Waals surface area contributed by atoms with Crippen molar-refractivity contribution in [1.29, 1.82) is 0 Å². The van der Waals surface area contributed by atoms with Gasteiger partial charge in [0.2, 0.25) is 0 Å². The van der Waals surface area contributed by atoms with Crippen molar-refractivity contribution < 1.29 is 8.83 Å². The zero-order valence-electron chi connectivity index (χ0n) is 30.3. The maximum Gasteiger partial charge on any atom is 0.159 e. The van der Waals surface area contributed by atoms with E-state index >= 15 is 0 Å². The summed E-state index contributed by atoms with van der Waals surface area (Å²) < 4.78 is 13.4. The molecule has 9 aromatic carbocycles. The number of benzene rings is 9. The van der Waals surface area contributed by atoms with Crippen LogP contribution in [0.5, 0.6) is 0 Å². The van der Waals surface area contributed by atoms with Gasteiger partial charge in [-0.3, -0.25) is 0 Å². The SMILES string of the molecule is c1ccc(C2(c3ccccc3)c3ccccc3-c3c(N(c4ccc5oc6ccccc6c5c4)c4cccc5c4oc4c6ccccc6ccc54)cccc32)cc1. The Morgan fingerprint density at radius 1 is 0.375 bits per heavy atom. The molecule has 0 N–H and O–H groups in total. The summed E-state index contributed by atoms with van der Waals surface area (Å²) in [6, 6.07) is 72.0. The summed E-state index contributed by atoms with van der Waals surface area (Å²) in [5.74, 6) is 0. The van der Waals surface area contributed by atoms with Crippen molar-refractivity contribution in [2.45, 2.75) is 5.41 Å². The summed E-state index contributed by atoms with van der Waals surface area (Å²) in [5.41, 5.74) is 13.4. The third-order valence-electron chi connectivity index (χ3n) is 11.9. The van der Waals surface area contributed by atoms with Crippen LogP contribution < -0.4 is 4.90 Å². The number of anilines is 3. The van der Waals surface area contributed by atoms with Crippen LogP contribution in [-0.4, -0.2) is 0 Å². The van der Waals surface area contributed by atoms with Gasteiger partial charge in [-0.25, -0.2) is 0 Å². The van der Waals surface area contributed by atoms with E-state index in [0.717, 1.165) is 71.7 Å². The monoisotopic (exact) mass is 715 g/mol. The molecule has 0 atom stereocenters. The standard InChI is InChI=1S/C53H33NO2/c1-3-16-35(17-4-1)53(36-18-5-2-6-19-36)44-24-11-9-22-42(44)50-45(53)25-14-26-46(50)54(37-30-32-49-43(33-37)39-21-10-12-28-48(39)55-49)47-27-13-23-40-41-31-29-34-15-7-8-20-38(34)51(41)56-52(40)47/h1-33H. The van der Waals surface area contributed by atoms with Crippen LogP contribution in [0.4, 0.5) is 17.1 Å². The quantitative estimate of drug-likeness (QED) is 0.178. The molecule has 0 bridgehead atoms. The Hall–Kier alpha value is -7.36. The fourth-order valence-corrected chi connectivity index (χ4v) is 9.61. The number of fused-ring (bicyclic) bond motifs is 11. The third kappa shape index (κ3) is 4.22. The molecule has 0 radical (unpaired) electrons. The highest BCUT2D eigenvalue weighted by Crippen LogP contribution is 2.60. The number of furan rings is 2. The molecule has 0 aliphatic heterocycles. The van der Waals surface area contributed by atoms with Crippen LogP contribution in [-0.2, 0) is 5.41 Å². The molecule has 3 heteroatoms. The van der Waals surface area contributed by atoms with Gasteiger partial charge in [0, 0.05) is 38.2 Å². The molecule has 0 spiro atoms. The Bertz CT molecular complexity index is 3280. The number of nitrogens with zero attached hydrogens (tertiary/aromatic N) is 1. The van der Waals surface area contributed by atoms with Crippen LogP contribution in [0.15, 0.2) is 209 Å². The van der Waals surface area contributed by atoms with Crippen LogP contribution in [0.25, 0.3) is 65.8 Å². The van der Waals surface area contributed by atoms with E-state index in [1.54, 1.807) is 0 Å². The van der Waals surface area contributed by atoms with Gasteiger partial charge in [-0.2, -0.15) is 0 Å². The van der Waals surface area contributed by atoms with Crippen LogP contribution >= 0.6 is 0 Å². The predicted molar refractivity (Wildman–Crippen MR) is 230 cm³/mol. The van der Waals surface area contributed by atoms with Crippen molar-refractivity contribution in [3.8, 4) is 11.1 Å². The second-order valence-electron chi connectivity index (χ2n) is 14.8. The van der Waals surface area contributed by atoms with Crippen LogP contribution in [0.2, 0.25) is 0 Å². The lowest BCUT2D eigenvalue weighted by atomic mass is 9.68. The van der Waals surface area contributed by atoms with Gasteiger partial charge in [0.15, 0.2) is 5.58 Å². The predicted octanol–water partition coefficient (Wildman–Crippen LogP) is 14.5. The van der Waals surface area contributed by atoms with Crippen LogP contribution in [0.1, 0.15) is 22.3 Å². The van der Waals surface area contributed by atoms with Crippen molar-refractivity contribution >= 4 is 71.7 Å². The molecule has 0 unspecified atom stereocenters. The van der Waals surface area contributed by atoms with E-state index in [9.17, 15) is 0 Å². The molecular weight excluding hydrogens is 683 g/mol. The third-order valence-corrected chi connectivity index (χ3v) is 11.9. The Kier molecular flexibility index (Phi) is 6.55. The normalized spacial score (nSPS) is 13.1. The van der Waals surface area contributed by atoms with Gasteiger partial charge < -0.3 is 13.7 Å². The molecule has 0 fully saturated rings. The van der Waals surface area contributed by atoms with Gasteiger partial charge in [-0.1, -0.05) is 158 Å². The van der Waals surface area contributed by atoms with E-state index in [-0.39, 0.29) is 0 Å². The second-order valence-corrected chi connectivity index (χ2v) is 14.8. The van der Waals surface area contributed by atoms with Crippen molar-refractivity contribution in [3.63, 3.8) is 0 Å². The zero-order valence-corrected chi connectivity index (χ0v) is 30.3. The summed E-state index contributed by atoms with van der Waals surface area (Å²) in [6.07, 6.45) is 0. The lowest BCUT2D eigenvalue weighted by Crippen LogP contribution is -2.28. The zero-order chi connectivity index (χ0) is 36.8. The highest BCUT2D eigenvalue weighted by atomic mass is 16.3. The average molecular weight is 716 g/mol. The summed E-state index contributed by atoms with van der Waals surface area (Å²) in [5, 5.41) is 6.61. The molecule has 11 aromatic rings. The first kappa shape index (κ1) is 31.0. The van der Waals surface area contributed by atoms with E-state index < -0.39 is 5.41 Å². The molecule has 262 valence electrons. The Labute approximate surface area is 323 Å². The first-order chi connectivity index (χ1) is 27.8. The minimum Gasteiger partial charge on any atom is -0.456 e. The van der Waals surface area contributed by atoms with Crippen molar-refractivity contribution in [2.24, 2.45) is 0 Å². The van der Waals surface area contributed by atoms with E-state index in [4.69, 9.17) is 8.83 Å². The maximum atomic E-state index is 7.07. The molecule has 56 heavy (non-hydrogen) atoms. The summed E-state index contributed by atoms with van der Waals surface area (Å²) in [6.45, 7) is 0. The Balaban J connectivity index is 1.21. The number of hydrogen-bond acceptors (Lipinski definition) is 3. The largest absolute Gasteiger partial charge is 0.456 e. The molecule has 2 aromatic heterocycles. The number of hydrogen-bond donors (Lipinski definition) is 0. The fraction of sp³-hybridized carbons (Fsp3) is 0.0189. The van der Waals surface area contributed by atoms with Gasteiger partial charge in [0.1, 0.15) is 16.7 Å².